The summed E-state index contributed by atoms with van der Waals surface area (Å²) in [4.78, 5) is 6.78. The smallest absolute Gasteiger partial charge is 0.160 e. The first kappa shape index (κ1) is 29.9. The fourth-order valence-corrected chi connectivity index (χ4v) is 7.58. The standard InChI is InChI=1S/C49H32N2O/c1-2-9-33(10-3-1)35-21-25-40(26-22-35)51(48-44-15-7-5-12-39(44)31-45-46-32-50-30-29-47(46)52-49(45)48)41-27-23-36(24-28-41)34-17-19-38(20-18-34)43-16-8-13-37-11-4-6-14-42(37)43/h1-32H. The number of hydrogen-bond acceptors (Lipinski definition) is 3. The van der Waals surface area contributed by atoms with Gasteiger partial charge >= 0.3 is 0 Å². The van der Waals surface area contributed by atoms with E-state index in [2.05, 4.69) is 186 Å². The van der Waals surface area contributed by atoms with Crippen molar-refractivity contribution >= 4 is 60.5 Å². The van der Waals surface area contributed by atoms with Gasteiger partial charge in [0.15, 0.2) is 5.58 Å². The lowest BCUT2D eigenvalue weighted by atomic mass is 9.96. The van der Waals surface area contributed by atoms with Gasteiger partial charge in [-0.15, -0.1) is 0 Å². The van der Waals surface area contributed by atoms with Crippen molar-refractivity contribution in [2.24, 2.45) is 0 Å². The lowest BCUT2D eigenvalue weighted by Crippen LogP contribution is -2.11. The lowest BCUT2D eigenvalue weighted by Gasteiger charge is -2.27. The molecule has 244 valence electrons. The van der Waals surface area contributed by atoms with E-state index in [1.807, 2.05) is 12.3 Å². The highest BCUT2D eigenvalue weighted by Crippen LogP contribution is 2.47. The van der Waals surface area contributed by atoms with E-state index >= 15 is 0 Å². The number of aromatic nitrogens is 1. The van der Waals surface area contributed by atoms with Gasteiger partial charge in [0.25, 0.3) is 0 Å². The Bertz CT molecular complexity index is 2870. The Morgan fingerprint density at radius 2 is 0.962 bits per heavy atom. The number of pyridine rings is 1. The molecule has 0 fully saturated rings. The molecule has 0 aliphatic carbocycles. The summed E-state index contributed by atoms with van der Waals surface area (Å²) in [5.74, 6) is 0. The topological polar surface area (TPSA) is 29.3 Å². The molecule has 2 heterocycles. The molecule has 0 unspecified atom stereocenters. The zero-order valence-corrected chi connectivity index (χ0v) is 28.3. The van der Waals surface area contributed by atoms with E-state index in [-0.39, 0.29) is 0 Å². The number of furan rings is 1. The van der Waals surface area contributed by atoms with Crippen LogP contribution in [0.2, 0.25) is 0 Å². The van der Waals surface area contributed by atoms with Crippen molar-refractivity contribution in [3.8, 4) is 33.4 Å². The summed E-state index contributed by atoms with van der Waals surface area (Å²) in [6.07, 6.45) is 3.69. The van der Waals surface area contributed by atoms with E-state index in [1.165, 1.54) is 38.6 Å². The third-order valence-corrected chi connectivity index (χ3v) is 10.2. The first-order valence-corrected chi connectivity index (χ1v) is 17.6. The van der Waals surface area contributed by atoms with Crippen molar-refractivity contribution in [2.45, 2.75) is 0 Å². The molecular formula is C49H32N2O. The Morgan fingerprint density at radius 1 is 0.404 bits per heavy atom. The summed E-state index contributed by atoms with van der Waals surface area (Å²) in [6.45, 7) is 0. The molecule has 0 bridgehead atoms. The molecule has 0 saturated heterocycles. The van der Waals surface area contributed by atoms with Crippen LogP contribution >= 0.6 is 0 Å². The highest BCUT2D eigenvalue weighted by molar-refractivity contribution is 6.19. The molecule has 2 aromatic heterocycles. The van der Waals surface area contributed by atoms with Gasteiger partial charge in [-0.25, -0.2) is 0 Å². The second-order valence-electron chi connectivity index (χ2n) is 13.2. The monoisotopic (exact) mass is 664 g/mol. The minimum Gasteiger partial charge on any atom is -0.454 e. The Hall–Kier alpha value is -6.97. The number of benzene rings is 8. The van der Waals surface area contributed by atoms with Crippen molar-refractivity contribution < 1.29 is 4.42 Å². The summed E-state index contributed by atoms with van der Waals surface area (Å²) in [5, 5.41) is 6.83. The maximum Gasteiger partial charge on any atom is 0.160 e. The lowest BCUT2D eigenvalue weighted by molar-refractivity contribution is 0.669. The van der Waals surface area contributed by atoms with E-state index in [1.54, 1.807) is 6.20 Å². The molecule has 10 rings (SSSR count). The van der Waals surface area contributed by atoms with E-state index in [0.29, 0.717) is 0 Å². The number of anilines is 3. The molecule has 0 amide bonds. The highest BCUT2D eigenvalue weighted by Gasteiger charge is 2.23. The molecule has 0 spiro atoms. The van der Waals surface area contributed by atoms with Crippen molar-refractivity contribution in [3.05, 3.63) is 194 Å². The third-order valence-electron chi connectivity index (χ3n) is 10.2. The van der Waals surface area contributed by atoms with Crippen molar-refractivity contribution in [1.29, 1.82) is 0 Å². The van der Waals surface area contributed by atoms with Crippen LogP contribution in [-0.4, -0.2) is 4.98 Å². The summed E-state index contributed by atoms with van der Waals surface area (Å²) < 4.78 is 6.69. The normalized spacial score (nSPS) is 11.5. The molecule has 3 heteroatoms. The summed E-state index contributed by atoms with van der Waals surface area (Å²) in [7, 11) is 0. The molecule has 0 atom stereocenters. The van der Waals surface area contributed by atoms with Crippen LogP contribution in [0.1, 0.15) is 0 Å². The maximum absolute atomic E-state index is 6.69. The van der Waals surface area contributed by atoms with Crippen molar-refractivity contribution in [2.75, 3.05) is 4.90 Å². The fraction of sp³-hybridized carbons (Fsp3) is 0. The Kier molecular flexibility index (Phi) is 7.14. The average Bonchev–Trinajstić information content (AvgIpc) is 3.59. The molecule has 10 aromatic rings. The molecule has 0 N–H and O–H groups in total. The molecule has 0 saturated carbocycles. The van der Waals surface area contributed by atoms with Gasteiger partial charge < -0.3 is 9.32 Å². The van der Waals surface area contributed by atoms with Gasteiger partial charge in [-0.1, -0.05) is 146 Å². The predicted molar refractivity (Wildman–Crippen MR) is 218 cm³/mol. The molecule has 8 aromatic carbocycles. The van der Waals surface area contributed by atoms with Crippen LogP contribution in [0, 0.1) is 0 Å². The minimum absolute atomic E-state index is 0.822. The zero-order valence-electron chi connectivity index (χ0n) is 28.3. The summed E-state index contributed by atoms with van der Waals surface area (Å²) in [5.41, 5.74) is 11.9. The van der Waals surface area contributed by atoms with E-state index in [9.17, 15) is 0 Å². The van der Waals surface area contributed by atoms with Crippen LogP contribution in [0.25, 0.3) is 76.9 Å². The maximum atomic E-state index is 6.69. The number of nitrogens with zero attached hydrogens (tertiary/aromatic N) is 2. The number of fused-ring (bicyclic) bond motifs is 5. The second kappa shape index (κ2) is 12.4. The summed E-state index contributed by atoms with van der Waals surface area (Å²) in [6, 6.07) is 64.9. The fourth-order valence-electron chi connectivity index (χ4n) is 7.58. The quantitative estimate of drug-likeness (QED) is 0.177. The minimum atomic E-state index is 0.822. The van der Waals surface area contributed by atoms with E-state index in [0.717, 1.165) is 55.3 Å². The molecular weight excluding hydrogens is 633 g/mol. The van der Waals surface area contributed by atoms with Crippen LogP contribution < -0.4 is 4.90 Å². The van der Waals surface area contributed by atoms with Gasteiger partial charge in [0, 0.05) is 39.9 Å². The van der Waals surface area contributed by atoms with Crippen molar-refractivity contribution in [3.63, 3.8) is 0 Å². The van der Waals surface area contributed by atoms with Gasteiger partial charge in [-0.05, 0) is 85.9 Å². The Morgan fingerprint density at radius 3 is 1.67 bits per heavy atom. The highest BCUT2D eigenvalue weighted by atomic mass is 16.3. The van der Waals surface area contributed by atoms with Gasteiger partial charge in [-0.3, -0.25) is 4.98 Å². The largest absolute Gasteiger partial charge is 0.454 e. The first-order valence-electron chi connectivity index (χ1n) is 17.6. The molecule has 52 heavy (non-hydrogen) atoms. The number of rotatable bonds is 6. The molecule has 0 aliphatic heterocycles. The van der Waals surface area contributed by atoms with Gasteiger partial charge in [0.05, 0.1) is 5.69 Å². The molecule has 0 radical (unpaired) electrons. The SMILES string of the molecule is c1ccc(-c2ccc(N(c3ccc(-c4ccc(-c5cccc6ccccc56)cc4)cc3)c3c4ccccc4cc4c3oc3ccncc34)cc2)cc1. The van der Waals surface area contributed by atoms with Crippen molar-refractivity contribution in [1.82, 2.24) is 4.98 Å². The first-order chi connectivity index (χ1) is 25.8. The van der Waals surface area contributed by atoms with Crippen LogP contribution in [0.5, 0.6) is 0 Å². The Balaban J connectivity index is 1.11. The van der Waals surface area contributed by atoms with Gasteiger partial charge in [-0.2, -0.15) is 0 Å². The van der Waals surface area contributed by atoms with E-state index in [4.69, 9.17) is 4.42 Å². The van der Waals surface area contributed by atoms with E-state index < -0.39 is 0 Å². The summed E-state index contributed by atoms with van der Waals surface area (Å²) >= 11 is 0. The van der Waals surface area contributed by atoms with Crippen LogP contribution in [0.15, 0.2) is 199 Å². The van der Waals surface area contributed by atoms with Crippen LogP contribution in [-0.2, 0) is 0 Å². The second-order valence-corrected chi connectivity index (χ2v) is 13.2. The van der Waals surface area contributed by atoms with Crippen LogP contribution in [0.3, 0.4) is 0 Å². The average molecular weight is 665 g/mol. The number of hydrogen-bond donors (Lipinski definition) is 0. The van der Waals surface area contributed by atoms with Crippen LogP contribution in [0.4, 0.5) is 17.1 Å². The molecule has 3 nitrogen and oxygen atoms in total. The molecule has 0 aliphatic rings. The third kappa shape index (κ3) is 5.10. The predicted octanol–water partition coefficient (Wildman–Crippen LogP) is 13.8. The Labute approximate surface area is 301 Å². The van der Waals surface area contributed by atoms with Gasteiger partial charge in [0.2, 0.25) is 0 Å². The van der Waals surface area contributed by atoms with Gasteiger partial charge in [0.1, 0.15) is 5.58 Å². The zero-order chi connectivity index (χ0) is 34.4.